The van der Waals surface area contributed by atoms with E-state index in [4.69, 9.17) is 29.4 Å². The first-order valence-electron chi connectivity index (χ1n) is 43.2. The summed E-state index contributed by atoms with van der Waals surface area (Å²) in [5, 5.41) is 29.2. The number of ether oxygens (including phenoxy) is 5. The number of rotatable bonds is 55. The number of carboxylic acid groups (broad SMARTS) is 1. The lowest BCUT2D eigenvalue weighted by Gasteiger charge is -2.41. The monoisotopic (exact) mass is 1730 g/mol. The number of aromatic nitrogens is 2. The van der Waals surface area contributed by atoms with Crippen molar-refractivity contribution in [2.45, 2.75) is 247 Å². The summed E-state index contributed by atoms with van der Waals surface area (Å²) in [6.45, 7) is 23.3. The van der Waals surface area contributed by atoms with Crippen molar-refractivity contribution in [3.63, 3.8) is 0 Å². The average Bonchev–Trinajstić information content (AvgIpc) is 1.50. The molecule has 682 valence electrons. The second kappa shape index (κ2) is 54.2. The van der Waals surface area contributed by atoms with Gasteiger partial charge in [-0.25, -0.2) is 19.6 Å². The number of aliphatic carboxylic acids is 1. The number of likely N-dealkylation sites (N-methyl/N-ethyl adjacent to an activating group) is 2. The van der Waals surface area contributed by atoms with Crippen LogP contribution in [0.15, 0.2) is 96.5 Å². The highest BCUT2D eigenvalue weighted by Gasteiger charge is 2.44. The Hall–Kier alpha value is -9.57. The number of para-hydroxylation sites is 1. The molecule has 12 atom stereocenters. The molecule has 0 radical (unpaired) electrons. The number of carboxylic acids is 1. The molecule has 1 aliphatic heterocycles. The number of hydrazine groups is 1. The number of thiazole rings is 1. The number of aryl methyl sites for hydroxylation is 2. The predicted molar refractivity (Wildman–Crippen MR) is 472 cm³/mol. The van der Waals surface area contributed by atoms with Gasteiger partial charge in [0.1, 0.15) is 29.5 Å². The van der Waals surface area contributed by atoms with Crippen LogP contribution in [0.25, 0.3) is 10.9 Å². The zero-order valence-corrected chi connectivity index (χ0v) is 76.2. The molecule has 2 aromatic heterocycles. The summed E-state index contributed by atoms with van der Waals surface area (Å²) in [4.78, 5) is 166. The van der Waals surface area contributed by atoms with Gasteiger partial charge < -0.3 is 75.5 Å². The molecule has 32 heteroatoms. The van der Waals surface area contributed by atoms with Crippen molar-refractivity contribution in [2.75, 3.05) is 81.9 Å². The predicted octanol–water partition coefficient (Wildman–Crippen LogP) is 10.1. The van der Waals surface area contributed by atoms with Crippen molar-refractivity contribution in [1.82, 2.24) is 61.3 Å². The van der Waals surface area contributed by atoms with Crippen LogP contribution < -0.4 is 37.7 Å². The smallest absolute Gasteiger partial charge is 0.410 e. The number of methoxy groups -OCH3 is 2. The Morgan fingerprint density at radius 2 is 1.37 bits per heavy atom. The van der Waals surface area contributed by atoms with Gasteiger partial charge in [-0.1, -0.05) is 154 Å². The van der Waals surface area contributed by atoms with E-state index in [9.17, 15) is 62.6 Å². The highest BCUT2D eigenvalue weighted by Crippen LogP contribution is 2.32. The Bertz CT molecular complexity index is 4130. The first-order chi connectivity index (χ1) is 58.6. The van der Waals surface area contributed by atoms with E-state index in [-0.39, 0.29) is 174 Å². The molecule has 0 unspecified atom stereocenters. The van der Waals surface area contributed by atoms with Gasteiger partial charge >= 0.3 is 18.1 Å². The van der Waals surface area contributed by atoms with Crippen LogP contribution >= 0.6 is 11.3 Å². The van der Waals surface area contributed by atoms with Gasteiger partial charge in [-0.2, -0.15) is 0 Å². The maximum Gasteiger partial charge on any atom is 0.410 e. The normalized spacial score (nSPS) is 15.4. The number of primary amides is 1. The van der Waals surface area contributed by atoms with Crippen LogP contribution in [0.5, 0.6) is 0 Å². The number of likely N-dealkylation sites (tertiary alicyclic amines) is 1. The summed E-state index contributed by atoms with van der Waals surface area (Å²) in [7, 11) is 10.1. The zero-order valence-electron chi connectivity index (χ0n) is 75.4. The Morgan fingerprint density at radius 3 is 1.98 bits per heavy atom. The molecule has 5 aromatic rings. The third-order valence-electron chi connectivity index (χ3n) is 22.8. The minimum absolute atomic E-state index is 0.00158. The number of carbonyl (C=O) groups excluding carboxylic acids is 11. The summed E-state index contributed by atoms with van der Waals surface area (Å²) < 4.78 is 30.9. The summed E-state index contributed by atoms with van der Waals surface area (Å²) in [6, 6.07) is 22.2. The molecule has 0 saturated carbocycles. The molecule has 1 saturated heterocycles. The third kappa shape index (κ3) is 34.1. The van der Waals surface area contributed by atoms with Crippen LogP contribution in [0.4, 0.5) is 9.59 Å². The van der Waals surface area contributed by atoms with E-state index in [0.29, 0.717) is 58.2 Å². The topological polar surface area (TPSA) is 400 Å². The fraction of sp³-hybridized carbons (Fsp3) is 0.615. The molecule has 0 bridgehead atoms. The summed E-state index contributed by atoms with van der Waals surface area (Å²) in [5.41, 5.74) is 13.2. The van der Waals surface area contributed by atoms with Gasteiger partial charge in [0.25, 0.3) is 0 Å². The number of urea groups is 1. The molecule has 6 rings (SSSR count). The van der Waals surface area contributed by atoms with Crippen LogP contribution in [-0.4, -0.2) is 236 Å². The van der Waals surface area contributed by atoms with Crippen molar-refractivity contribution in [2.24, 2.45) is 41.2 Å². The van der Waals surface area contributed by atoms with E-state index in [2.05, 4.69) is 47.6 Å². The van der Waals surface area contributed by atoms with E-state index in [1.54, 1.807) is 39.3 Å². The van der Waals surface area contributed by atoms with Gasteiger partial charge in [0.05, 0.1) is 81.1 Å². The summed E-state index contributed by atoms with van der Waals surface area (Å²) >= 11 is 1.49. The van der Waals surface area contributed by atoms with Crippen LogP contribution in [0, 0.1) is 42.4 Å². The molecule has 1 fully saturated rings. The van der Waals surface area contributed by atoms with E-state index in [1.165, 1.54) is 23.3 Å². The van der Waals surface area contributed by atoms with E-state index in [0.717, 1.165) is 44.7 Å². The molecule has 1 aliphatic rings. The lowest BCUT2D eigenvalue weighted by atomic mass is 9.88. The summed E-state index contributed by atoms with van der Waals surface area (Å²) in [6.07, 6.45) is 3.89. The number of nitrogens with zero attached hydrogens (tertiary/aromatic N) is 6. The number of Topliss-reactive ketones (excluding diaryl/α,β-unsaturated/α-hetero) is 3. The van der Waals surface area contributed by atoms with Crippen molar-refractivity contribution in [3.8, 4) is 0 Å². The number of fused-ring (bicyclic) bond motifs is 1. The van der Waals surface area contributed by atoms with Gasteiger partial charge in [0.15, 0.2) is 11.6 Å². The van der Waals surface area contributed by atoms with Gasteiger partial charge in [-0.3, -0.25) is 58.3 Å². The standard InChI is InChI=1S/C50H74N6O8S.C41H65N7O10/c1-13-34(7)44(54(9)49(60)42(31(2)3)53-47(59)43(32(4)5)55(10)50(61)64-30-37-23-21-33(6)22-24-37)40(62-11)29-41(57)56-26-17-20-39(56)45(63-12)35(8)46(58)52-38(48-51-25-27-65-48)28-36-18-15-14-16-19-36;1-6-36(50)33(12-9-19-44-41(42)56)46-40(55)32(28(2)3)26-31(49)18-22-58-24-23-57-21-10-14-37(51)34(15-16-39(53)54)45-38(52)17-20-48-30(27-47(5)43-4)25-29-11-7-8-13-35(29)48/h14-16,18-19,21-25,27,31-32,34-35,38-40,42-45H,13,17,20,26,28-30H2,1-12H3,(H,52,58)(H,53,59);7-8,11,13,25,28,32-34,43H,6,9-10,12,14-24,26-27H2,1-5H3,(H,45,52)(H,46,55)(H,53,54)(H3,42,44,56)/t34-,35+,38-,39-,40+,42-,43-,44-,45+;32-,33-,34-/m00/s1. The largest absolute Gasteiger partial charge is 0.481 e. The fourth-order valence-electron chi connectivity index (χ4n) is 15.4. The molecular formula is C91H139N13O18S. The molecule has 0 spiro atoms. The number of nitrogens with one attached hydrogen (secondary N) is 6. The van der Waals surface area contributed by atoms with Crippen LogP contribution in [0.1, 0.15) is 193 Å². The van der Waals surface area contributed by atoms with E-state index >= 15 is 0 Å². The van der Waals surface area contributed by atoms with Crippen LogP contribution in [0.2, 0.25) is 0 Å². The number of nitrogens with two attached hydrogens (primary N) is 1. The average molecular weight is 1740 g/mol. The van der Waals surface area contributed by atoms with Crippen LogP contribution in [-0.2, 0) is 97.7 Å². The fourth-order valence-corrected chi connectivity index (χ4v) is 16.1. The zero-order chi connectivity index (χ0) is 91.0. The Morgan fingerprint density at radius 1 is 0.691 bits per heavy atom. The molecule has 123 heavy (non-hydrogen) atoms. The molecule has 3 aromatic carbocycles. The van der Waals surface area contributed by atoms with E-state index in [1.807, 2.05) is 177 Å². The first-order valence-corrected chi connectivity index (χ1v) is 44.1. The molecule has 9 N–H and O–H groups in total. The molecule has 31 nitrogen and oxygen atoms in total. The minimum atomic E-state index is -1.06. The third-order valence-corrected chi connectivity index (χ3v) is 23.6. The van der Waals surface area contributed by atoms with Gasteiger partial charge in [0, 0.05) is 129 Å². The second-order valence-electron chi connectivity index (χ2n) is 33.0. The van der Waals surface area contributed by atoms with E-state index < -0.39 is 78.3 Å². The molecule has 3 heterocycles. The molecule has 0 aliphatic carbocycles. The highest BCUT2D eigenvalue weighted by molar-refractivity contribution is 7.09. The number of amides is 9. The summed E-state index contributed by atoms with van der Waals surface area (Å²) in [5.74, 6) is -5.53. The van der Waals surface area contributed by atoms with Crippen molar-refractivity contribution in [3.05, 3.63) is 124 Å². The number of benzene rings is 3. The number of carbonyl (C=O) groups is 12. The Kier molecular flexibility index (Phi) is 45.9. The molecule has 9 amide bonds. The van der Waals surface area contributed by atoms with Crippen molar-refractivity contribution >= 4 is 93.1 Å². The number of hydrogen-bond acceptors (Lipinski definition) is 21. The Balaban J connectivity index is 0.000000440. The molecular weight excluding hydrogens is 1600 g/mol. The first kappa shape index (κ1) is 104. The SMILES string of the molecule is CCC(=O)[C@H](CCCNC(N)=O)NC(=O)[C@@H](CC(=O)CCOCCOCCCC(=O)[C@H](CCC(=O)O)NC(=O)CCn1c(CN(C)NC)cc2ccccc21)C(C)C.CC[C@H](C)[C@@H]([C@@H](CC(=O)N1CCC[C@H]1[C@H](OC)[C@@H](C)C(=O)N[C@@H](Cc1ccccc1)c1nccs1)OC)N(C)C(=O)[C@@H](NC(=O)[C@H](C(C)C)N(C)C(=O)OCc1ccc(C)cc1)C(C)C. The van der Waals surface area contributed by atoms with Crippen LogP contribution in [0.3, 0.4) is 0 Å². The van der Waals surface area contributed by atoms with Crippen molar-refractivity contribution < 1.29 is 86.3 Å². The lowest BCUT2D eigenvalue weighted by molar-refractivity contribution is -0.148. The van der Waals surface area contributed by atoms with Gasteiger partial charge in [-0.15, -0.1) is 11.3 Å². The second-order valence-corrected chi connectivity index (χ2v) is 33.9. The number of ketones is 3. The Labute approximate surface area is 730 Å². The van der Waals surface area contributed by atoms with Gasteiger partial charge in [0.2, 0.25) is 35.4 Å². The maximum absolute atomic E-state index is 14.6. The van der Waals surface area contributed by atoms with Crippen molar-refractivity contribution in [1.29, 1.82) is 0 Å². The highest BCUT2D eigenvalue weighted by atomic mass is 32.1. The lowest BCUT2D eigenvalue weighted by Crippen LogP contribution is -2.60. The quantitative estimate of drug-likeness (QED) is 0.0132. The number of hydrogen-bond donors (Lipinski definition) is 8. The minimum Gasteiger partial charge on any atom is -0.481 e. The maximum atomic E-state index is 14.6. The van der Waals surface area contributed by atoms with Gasteiger partial charge in [-0.05, 0) is 111 Å².